The molecule has 0 atom stereocenters. The largest absolute Gasteiger partial charge is 0.347 e. The summed E-state index contributed by atoms with van der Waals surface area (Å²) < 4.78 is 2.26. The second-order valence-electron chi connectivity index (χ2n) is 7.73. The van der Waals surface area contributed by atoms with Crippen molar-refractivity contribution in [3.63, 3.8) is 0 Å². The van der Waals surface area contributed by atoms with Gasteiger partial charge in [0.05, 0.1) is 0 Å². The van der Waals surface area contributed by atoms with E-state index in [1.54, 1.807) is 10.8 Å². The fourth-order valence-electron chi connectivity index (χ4n) is 3.74. The average molecular weight is 422 g/mol. The minimum absolute atomic E-state index is 0.157. The van der Waals surface area contributed by atoms with E-state index in [4.69, 9.17) is 12.2 Å². The molecule has 0 aliphatic carbocycles. The Labute approximate surface area is 182 Å². The van der Waals surface area contributed by atoms with Crippen molar-refractivity contribution in [2.45, 2.75) is 13.1 Å². The van der Waals surface area contributed by atoms with E-state index in [-0.39, 0.29) is 5.91 Å². The highest BCUT2D eigenvalue weighted by atomic mass is 32.1. The molecule has 7 heteroatoms. The van der Waals surface area contributed by atoms with E-state index in [0.29, 0.717) is 17.0 Å². The molecule has 0 unspecified atom stereocenters. The lowest BCUT2D eigenvalue weighted by Crippen LogP contribution is -2.43. The van der Waals surface area contributed by atoms with Crippen molar-refractivity contribution in [3.05, 3.63) is 82.4 Å². The fourth-order valence-corrected chi connectivity index (χ4v) is 4.01. The number of nitrogens with zero attached hydrogens (tertiary/aromatic N) is 3. The van der Waals surface area contributed by atoms with Crippen LogP contribution >= 0.6 is 12.2 Å². The van der Waals surface area contributed by atoms with Crippen LogP contribution in [-0.2, 0) is 13.1 Å². The van der Waals surface area contributed by atoms with Crippen LogP contribution in [0.25, 0.3) is 5.69 Å². The molecule has 1 aliphatic heterocycles. The number of carbonyl (C=O) groups is 1. The number of benzene rings is 2. The van der Waals surface area contributed by atoms with Crippen LogP contribution in [0.3, 0.4) is 0 Å². The number of aromatic nitrogens is 2. The van der Waals surface area contributed by atoms with Crippen LogP contribution in [0.15, 0.2) is 60.8 Å². The molecule has 1 aromatic heterocycles. The molecule has 1 aliphatic rings. The molecule has 6 nitrogen and oxygen atoms in total. The van der Waals surface area contributed by atoms with Gasteiger partial charge in [-0.05, 0) is 42.5 Å². The van der Waals surface area contributed by atoms with Crippen LogP contribution in [0.1, 0.15) is 21.6 Å². The number of hydrogen-bond donors (Lipinski definition) is 2. The first-order valence-electron chi connectivity index (χ1n) is 10.2. The molecule has 2 N–H and O–H groups in total. The Balaban J connectivity index is 1.41. The lowest BCUT2D eigenvalue weighted by atomic mass is 10.1. The third kappa shape index (κ3) is 4.87. The van der Waals surface area contributed by atoms with Gasteiger partial charge in [-0.3, -0.25) is 14.3 Å². The molecule has 30 heavy (non-hydrogen) atoms. The minimum atomic E-state index is -0.157. The van der Waals surface area contributed by atoms with E-state index < -0.39 is 0 Å². The Morgan fingerprint density at radius 2 is 1.77 bits per heavy atom. The fraction of sp³-hybridized carbons (Fsp3) is 0.304. The van der Waals surface area contributed by atoms with Crippen molar-refractivity contribution in [1.29, 1.82) is 0 Å². The summed E-state index contributed by atoms with van der Waals surface area (Å²) in [5, 5.41) is 3.03. The van der Waals surface area contributed by atoms with Crippen LogP contribution < -0.4 is 5.32 Å². The Morgan fingerprint density at radius 3 is 2.53 bits per heavy atom. The average Bonchev–Trinajstić information content (AvgIpc) is 3.16. The molecule has 2 aromatic carbocycles. The molecular weight excluding hydrogens is 394 g/mol. The lowest BCUT2D eigenvalue weighted by Gasteiger charge is -2.32. The highest BCUT2D eigenvalue weighted by Crippen LogP contribution is 2.14. The zero-order valence-corrected chi connectivity index (χ0v) is 18.0. The van der Waals surface area contributed by atoms with E-state index in [9.17, 15) is 4.79 Å². The van der Waals surface area contributed by atoms with Gasteiger partial charge in [-0.1, -0.05) is 42.5 Å². The number of H-pyrrole nitrogens is 1. The first kappa shape index (κ1) is 20.5. The van der Waals surface area contributed by atoms with Crippen molar-refractivity contribution in [3.8, 4) is 5.69 Å². The third-order valence-corrected chi connectivity index (χ3v) is 5.77. The van der Waals surface area contributed by atoms with Crippen molar-refractivity contribution < 1.29 is 4.79 Å². The number of para-hydroxylation sites is 1. The number of rotatable bonds is 6. The zero-order chi connectivity index (χ0) is 20.9. The number of piperazine rings is 1. The van der Waals surface area contributed by atoms with Crippen LogP contribution in [0.2, 0.25) is 0 Å². The third-order valence-electron chi connectivity index (χ3n) is 5.47. The molecule has 0 bridgehead atoms. The molecule has 3 aromatic rings. The van der Waals surface area contributed by atoms with E-state index in [2.05, 4.69) is 51.4 Å². The number of imidazole rings is 1. The highest BCUT2D eigenvalue weighted by molar-refractivity contribution is 7.71. The summed E-state index contributed by atoms with van der Waals surface area (Å²) in [6.45, 7) is 5.82. The Hall–Kier alpha value is -2.74. The molecule has 156 valence electrons. The van der Waals surface area contributed by atoms with Crippen LogP contribution in [0.4, 0.5) is 0 Å². The maximum absolute atomic E-state index is 12.8. The number of hydrogen-bond acceptors (Lipinski definition) is 4. The van der Waals surface area contributed by atoms with Gasteiger partial charge in [-0.25, -0.2) is 0 Å². The maximum atomic E-state index is 12.8. The summed E-state index contributed by atoms with van der Waals surface area (Å²) >= 11 is 5.37. The second-order valence-corrected chi connectivity index (χ2v) is 8.12. The SMILES string of the molecule is CN1CCN(Cc2cccc(CNC(=O)c3c[nH]c(=S)n3-c3ccccc3)c2)CC1. The van der Waals surface area contributed by atoms with Gasteiger partial charge in [0, 0.05) is 51.2 Å². The van der Waals surface area contributed by atoms with Crippen molar-refractivity contribution in [2.75, 3.05) is 33.2 Å². The molecule has 2 heterocycles. The van der Waals surface area contributed by atoms with Gasteiger partial charge in [0.15, 0.2) is 4.77 Å². The number of aromatic amines is 1. The predicted octanol–water partition coefficient (Wildman–Crippen LogP) is 3.21. The van der Waals surface area contributed by atoms with Crippen LogP contribution in [-0.4, -0.2) is 58.5 Å². The standard InChI is InChI=1S/C23H27N5OS/c1-26-10-12-27(13-11-26)17-19-7-5-6-18(14-19)15-24-22(29)21-16-25-23(30)28(21)20-8-3-2-4-9-20/h2-9,14,16H,10-13,15,17H2,1H3,(H,24,29)(H,25,30). The van der Waals surface area contributed by atoms with Gasteiger partial charge in [-0.15, -0.1) is 0 Å². The minimum Gasteiger partial charge on any atom is -0.347 e. The van der Waals surface area contributed by atoms with Crippen LogP contribution in [0.5, 0.6) is 0 Å². The van der Waals surface area contributed by atoms with E-state index in [1.807, 2.05) is 30.3 Å². The molecule has 1 fully saturated rings. The van der Waals surface area contributed by atoms with Gasteiger partial charge in [0.25, 0.3) is 5.91 Å². The number of likely N-dealkylation sites (N-methyl/N-ethyl adjacent to an activating group) is 1. The van der Waals surface area contributed by atoms with Crippen LogP contribution in [0, 0.1) is 4.77 Å². The number of nitrogens with one attached hydrogen (secondary N) is 2. The molecule has 0 spiro atoms. The Morgan fingerprint density at radius 1 is 1.03 bits per heavy atom. The summed E-state index contributed by atoms with van der Waals surface area (Å²) in [7, 11) is 2.17. The summed E-state index contributed by atoms with van der Waals surface area (Å²) in [6.07, 6.45) is 1.66. The topological polar surface area (TPSA) is 56.3 Å². The Bertz CT molecular complexity index is 1050. The quantitative estimate of drug-likeness (QED) is 0.600. The maximum Gasteiger partial charge on any atom is 0.270 e. The molecule has 4 rings (SSSR count). The number of carbonyl (C=O) groups excluding carboxylic acids is 1. The number of amides is 1. The molecule has 1 amide bonds. The summed E-state index contributed by atoms with van der Waals surface area (Å²) in [5.41, 5.74) is 3.73. The normalized spacial score (nSPS) is 15.2. The molecular formula is C23H27N5OS. The first-order chi connectivity index (χ1) is 14.6. The smallest absolute Gasteiger partial charge is 0.270 e. The summed E-state index contributed by atoms with van der Waals surface area (Å²) in [6, 6.07) is 18.1. The summed E-state index contributed by atoms with van der Waals surface area (Å²) in [4.78, 5) is 20.7. The van der Waals surface area contributed by atoms with E-state index in [0.717, 1.165) is 44.0 Å². The van der Waals surface area contributed by atoms with E-state index >= 15 is 0 Å². The first-order valence-corrected chi connectivity index (χ1v) is 10.6. The van der Waals surface area contributed by atoms with E-state index in [1.165, 1.54) is 5.56 Å². The predicted molar refractivity (Wildman–Crippen MR) is 121 cm³/mol. The second kappa shape index (κ2) is 9.38. The van der Waals surface area contributed by atoms with Crippen molar-refractivity contribution >= 4 is 18.1 Å². The van der Waals surface area contributed by atoms with Gasteiger partial charge in [0.1, 0.15) is 5.69 Å². The highest BCUT2D eigenvalue weighted by Gasteiger charge is 2.15. The zero-order valence-electron chi connectivity index (χ0n) is 17.2. The molecule has 0 radical (unpaired) electrons. The van der Waals surface area contributed by atoms with Gasteiger partial charge < -0.3 is 15.2 Å². The van der Waals surface area contributed by atoms with Crippen molar-refractivity contribution in [2.24, 2.45) is 0 Å². The van der Waals surface area contributed by atoms with Gasteiger partial charge in [0.2, 0.25) is 0 Å². The molecule has 1 saturated heterocycles. The molecule has 0 saturated carbocycles. The van der Waals surface area contributed by atoms with Gasteiger partial charge in [-0.2, -0.15) is 0 Å². The Kier molecular flexibility index (Phi) is 6.42. The lowest BCUT2D eigenvalue weighted by molar-refractivity contribution is 0.0944. The summed E-state index contributed by atoms with van der Waals surface area (Å²) in [5.74, 6) is -0.157. The van der Waals surface area contributed by atoms with Crippen molar-refractivity contribution in [1.82, 2.24) is 24.7 Å². The monoisotopic (exact) mass is 421 g/mol. The van der Waals surface area contributed by atoms with Gasteiger partial charge >= 0.3 is 0 Å².